The van der Waals surface area contributed by atoms with Gasteiger partial charge < -0.3 is 19.6 Å². The molecule has 0 aliphatic rings. The number of urea groups is 1. The summed E-state index contributed by atoms with van der Waals surface area (Å²) in [5.74, 6) is 1.09. The van der Waals surface area contributed by atoms with E-state index in [1.807, 2.05) is 32.9 Å². The van der Waals surface area contributed by atoms with Gasteiger partial charge >= 0.3 is 6.03 Å². The van der Waals surface area contributed by atoms with Gasteiger partial charge in [0.2, 0.25) is 0 Å². The van der Waals surface area contributed by atoms with Gasteiger partial charge in [0.15, 0.2) is 0 Å². The number of aryl methyl sites for hydroxylation is 1. The minimum atomic E-state index is -0.252. The van der Waals surface area contributed by atoms with Crippen molar-refractivity contribution in [3.63, 3.8) is 0 Å². The summed E-state index contributed by atoms with van der Waals surface area (Å²) in [6.45, 7) is 6.17. The Morgan fingerprint density at radius 1 is 1.23 bits per heavy atom. The van der Waals surface area contributed by atoms with Gasteiger partial charge in [-0.1, -0.05) is 30.7 Å². The molecular weight excluding hydrogens is 416 g/mol. The summed E-state index contributed by atoms with van der Waals surface area (Å²) in [6, 6.07) is 10.7. The second-order valence-electron chi connectivity index (χ2n) is 7.63. The molecule has 7 nitrogen and oxygen atoms in total. The lowest BCUT2D eigenvalue weighted by Gasteiger charge is -2.23. The van der Waals surface area contributed by atoms with Crippen molar-refractivity contribution in [2.45, 2.75) is 52.7 Å². The monoisotopic (exact) mass is 442 g/mol. The van der Waals surface area contributed by atoms with Crippen molar-refractivity contribution in [1.82, 2.24) is 20.2 Å². The molecule has 3 rings (SSSR count). The molecule has 2 N–H and O–H groups in total. The van der Waals surface area contributed by atoms with Gasteiger partial charge in [-0.3, -0.25) is 4.79 Å². The largest absolute Gasteiger partial charge is 0.467 e. The predicted molar refractivity (Wildman–Crippen MR) is 120 cm³/mol. The lowest BCUT2D eigenvalue weighted by atomic mass is 10.0. The van der Waals surface area contributed by atoms with Crippen molar-refractivity contribution in [2.24, 2.45) is 0 Å². The van der Waals surface area contributed by atoms with Gasteiger partial charge in [-0.15, -0.1) is 0 Å². The van der Waals surface area contributed by atoms with Crippen LogP contribution in [0.1, 0.15) is 49.2 Å². The molecule has 3 aromatic rings. The van der Waals surface area contributed by atoms with Gasteiger partial charge in [0.25, 0.3) is 5.56 Å². The molecule has 0 atom stereocenters. The number of carbonyl (C=O) groups excluding carboxylic acids is 1. The van der Waals surface area contributed by atoms with Crippen LogP contribution in [0.4, 0.5) is 4.79 Å². The fraction of sp³-hybridized carbons (Fsp3) is 0.348. The van der Waals surface area contributed by atoms with Crippen LogP contribution in [-0.2, 0) is 25.9 Å². The lowest BCUT2D eigenvalue weighted by Crippen LogP contribution is -2.42. The number of hydrogen-bond donors (Lipinski definition) is 2. The average molecular weight is 443 g/mol. The molecular formula is C23H27ClN4O3. The van der Waals surface area contributed by atoms with Gasteiger partial charge in [0, 0.05) is 23.0 Å². The van der Waals surface area contributed by atoms with Crippen LogP contribution in [0.25, 0.3) is 0 Å². The van der Waals surface area contributed by atoms with Crippen molar-refractivity contribution in [3.05, 3.63) is 86.4 Å². The fourth-order valence-electron chi connectivity index (χ4n) is 3.26. The highest BCUT2D eigenvalue weighted by Gasteiger charge is 2.19. The lowest BCUT2D eigenvalue weighted by molar-refractivity contribution is 0.183. The predicted octanol–water partition coefficient (Wildman–Crippen LogP) is 4.29. The molecule has 8 heteroatoms. The Morgan fingerprint density at radius 3 is 2.58 bits per heavy atom. The molecule has 0 spiro atoms. The summed E-state index contributed by atoms with van der Waals surface area (Å²) < 4.78 is 5.40. The van der Waals surface area contributed by atoms with E-state index in [-0.39, 0.29) is 30.7 Å². The van der Waals surface area contributed by atoms with Gasteiger partial charge in [0.05, 0.1) is 25.0 Å². The first-order valence-electron chi connectivity index (χ1n) is 10.3. The van der Waals surface area contributed by atoms with Gasteiger partial charge in [-0.05, 0) is 50.1 Å². The number of carbonyl (C=O) groups is 1. The third-order valence-corrected chi connectivity index (χ3v) is 5.00. The summed E-state index contributed by atoms with van der Waals surface area (Å²) in [4.78, 5) is 34.7. The standard InChI is InChI=1S/C23H27ClN4O3/c1-4-20-19(12-16-7-9-17(24)10-8-16)22(29)27-21(26-20)14-28(23(30)25-15(2)3)13-18-6-5-11-31-18/h5-11,15H,4,12-14H2,1-3H3,(H,25,30)(H,26,27,29). The molecule has 0 bridgehead atoms. The summed E-state index contributed by atoms with van der Waals surface area (Å²) in [5, 5.41) is 3.53. The van der Waals surface area contributed by atoms with Crippen molar-refractivity contribution in [2.75, 3.05) is 0 Å². The first kappa shape index (κ1) is 22.6. The zero-order valence-electron chi connectivity index (χ0n) is 17.9. The Labute approximate surface area is 186 Å². The first-order chi connectivity index (χ1) is 14.9. The van der Waals surface area contributed by atoms with Crippen LogP contribution in [0.5, 0.6) is 0 Å². The van der Waals surface area contributed by atoms with E-state index in [2.05, 4.69) is 15.3 Å². The second kappa shape index (κ2) is 10.3. The normalized spacial score (nSPS) is 11.0. The number of aromatic nitrogens is 2. The van der Waals surface area contributed by atoms with Crippen molar-refractivity contribution in [3.8, 4) is 0 Å². The quantitative estimate of drug-likeness (QED) is 0.544. The first-order valence-corrected chi connectivity index (χ1v) is 10.7. The highest BCUT2D eigenvalue weighted by molar-refractivity contribution is 6.30. The summed E-state index contributed by atoms with van der Waals surface area (Å²) in [7, 11) is 0. The maximum absolute atomic E-state index is 12.9. The molecule has 164 valence electrons. The van der Waals surface area contributed by atoms with E-state index in [0.29, 0.717) is 35.0 Å². The minimum absolute atomic E-state index is 0.0217. The molecule has 0 aliphatic carbocycles. The van der Waals surface area contributed by atoms with Crippen molar-refractivity contribution in [1.29, 1.82) is 0 Å². The molecule has 0 radical (unpaired) electrons. The zero-order chi connectivity index (χ0) is 22.4. The molecule has 0 unspecified atom stereocenters. The van der Waals surface area contributed by atoms with Crippen LogP contribution in [0.3, 0.4) is 0 Å². The SMILES string of the molecule is CCc1nc(CN(Cc2ccco2)C(=O)NC(C)C)[nH]c(=O)c1Cc1ccc(Cl)cc1. The molecule has 1 aromatic carbocycles. The fourth-order valence-corrected chi connectivity index (χ4v) is 3.39. The van der Waals surface area contributed by atoms with E-state index in [1.165, 1.54) is 0 Å². The van der Waals surface area contributed by atoms with Gasteiger partial charge in [-0.25, -0.2) is 9.78 Å². The number of furan rings is 1. The highest BCUT2D eigenvalue weighted by Crippen LogP contribution is 2.15. The molecule has 2 heterocycles. The third-order valence-electron chi connectivity index (χ3n) is 4.75. The molecule has 0 saturated heterocycles. The Hall–Kier alpha value is -3.06. The Kier molecular flexibility index (Phi) is 7.52. The molecule has 0 fully saturated rings. The van der Waals surface area contributed by atoms with E-state index in [1.54, 1.807) is 35.4 Å². The maximum Gasteiger partial charge on any atom is 0.318 e. The Bertz CT molecular complexity index is 1060. The van der Waals surface area contributed by atoms with Crippen LogP contribution >= 0.6 is 11.6 Å². The number of benzene rings is 1. The minimum Gasteiger partial charge on any atom is -0.467 e. The smallest absolute Gasteiger partial charge is 0.318 e. The topological polar surface area (TPSA) is 91.2 Å². The third kappa shape index (κ3) is 6.21. The average Bonchev–Trinajstić information content (AvgIpc) is 3.23. The van der Waals surface area contributed by atoms with Crippen molar-refractivity contribution >= 4 is 17.6 Å². The highest BCUT2D eigenvalue weighted by atomic mass is 35.5. The maximum atomic E-state index is 12.9. The number of amides is 2. The summed E-state index contributed by atoms with van der Waals surface area (Å²) in [6.07, 6.45) is 2.64. The van der Waals surface area contributed by atoms with Crippen LogP contribution in [0, 0.1) is 0 Å². The van der Waals surface area contributed by atoms with Crippen LogP contribution in [0.2, 0.25) is 5.02 Å². The number of aromatic amines is 1. The zero-order valence-corrected chi connectivity index (χ0v) is 18.7. The summed E-state index contributed by atoms with van der Waals surface area (Å²) in [5.41, 5.74) is 2.13. The molecule has 0 aliphatic heterocycles. The van der Waals surface area contributed by atoms with E-state index in [0.717, 1.165) is 11.3 Å². The van der Waals surface area contributed by atoms with E-state index in [4.69, 9.17) is 16.0 Å². The number of hydrogen-bond acceptors (Lipinski definition) is 4. The number of nitrogens with zero attached hydrogens (tertiary/aromatic N) is 2. The van der Waals surface area contributed by atoms with Crippen LogP contribution < -0.4 is 10.9 Å². The molecule has 2 aromatic heterocycles. The van der Waals surface area contributed by atoms with Crippen LogP contribution in [0.15, 0.2) is 51.9 Å². The second-order valence-corrected chi connectivity index (χ2v) is 8.07. The van der Waals surface area contributed by atoms with Crippen LogP contribution in [-0.4, -0.2) is 26.9 Å². The van der Waals surface area contributed by atoms with E-state index >= 15 is 0 Å². The van der Waals surface area contributed by atoms with Gasteiger partial charge in [0.1, 0.15) is 11.6 Å². The molecule has 31 heavy (non-hydrogen) atoms. The number of nitrogens with one attached hydrogen (secondary N) is 2. The van der Waals surface area contributed by atoms with Crippen molar-refractivity contribution < 1.29 is 9.21 Å². The van der Waals surface area contributed by atoms with Gasteiger partial charge in [-0.2, -0.15) is 0 Å². The summed E-state index contributed by atoms with van der Waals surface area (Å²) >= 11 is 5.96. The number of rotatable bonds is 8. The molecule has 2 amide bonds. The number of H-pyrrole nitrogens is 1. The number of halogens is 1. The Morgan fingerprint density at radius 2 is 1.97 bits per heavy atom. The molecule has 0 saturated carbocycles. The Balaban J connectivity index is 1.85. The van der Waals surface area contributed by atoms with E-state index < -0.39 is 0 Å². The van der Waals surface area contributed by atoms with E-state index in [9.17, 15) is 9.59 Å².